The Kier molecular flexibility index (Phi) is 5.17. The van der Waals surface area contributed by atoms with Gasteiger partial charge in [0, 0.05) is 31.1 Å². The number of rotatable bonds is 8. The highest BCUT2D eigenvalue weighted by atomic mass is 16.3. The predicted molar refractivity (Wildman–Crippen MR) is 82.4 cm³/mol. The Morgan fingerprint density at radius 3 is 2.60 bits per heavy atom. The van der Waals surface area contributed by atoms with Crippen molar-refractivity contribution >= 4 is 11.6 Å². The highest BCUT2D eigenvalue weighted by molar-refractivity contribution is 5.59. The molecule has 1 aromatic heterocycles. The largest absolute Gasteiger partial charge is 0.395 e. The number of nitrogens with zero attached hydrogens (tertiary/aromatic N) is 3. The lowest BCUT2D eigenvalue weighted by Gasteiger charge is -2.25. The fraction of sp³-hybridized carbons (Fsp3) is 0.733. The van der Waals surface area contributed by atoms with Crippen LogP contribution in [0.5, 0.6) is 0 Å². The van der Waals surface area contributed by atoms with Gasteiger partial charge in [-0.2, -0.15) is 0 Å². The molecule has 0 unspecified atom stereocenters. The van der Waals surface area contributed by atoms with Crippen LogP contribution in [0, 0.1) is 6.92 Å². The van der Waals surface area contributed by atoms with Gasteiger partial charge in [-0.15, -0.1) is 0 Å². The summed E-state index contributed by atoms with van der Waals surface area (Å²) in [5.74, 6) is 2.80. The fourth-order valence-electron chi connectivity index (χ4n) is 2.36. The monoisotopic (exact) mass is 278 g/mol. The summed E-state index contributed by atoms with van der Waals surface area (Å²) in [5.41, 5.74) is 1.09. The van der Waals surface area contributed by atoms with Crippen LogP contribution in [0.25, 0.3) is 0 Å². The first kappa shape index (κ1) is 15.0. The van der Waals surface area contributed by atoms with Crippen LogP contribution in [0.2, 0.25) is 0 Å². The molecule has 5 nitrogen and oxygen atoms in total. The summed E-state index contributed by atoms with van der Waals surface area (Å²) in [4.78, 5) is 11.5. The van der Waals surface area contributed by atoms with E-state index in [1.165, 1.54) is 12.8 Å². The van der Waals surface area contributed by atoms with Crippen molar-refractivity contribution in [2.75, 3.05) is 29.9 Å². The molecule has 1 aliphatic carbocycles. The van der Waals surface area contributed by atoms with Crippen LogP contribution in [0.4, 0.5) is 11.6 Å². The van der Waals surface area contributed by atoms with Crippen molar-refractivity contribution in [1.82, 2.24) is 9.97 Å². The van der Waals surface area contributed by atoms with E-state index in [4.69, 9.17) is 4.98 Å². The van der Waals surface area contributed by atoms with Gasteiger partial charge in [0.2, 0.25) is 0 Å². The van der Waals surface area contributed by atoms with Gasteiger partial charge in [0.15, 0.2) is 0 Å². The van der Waals surface area contributed by atoms with E-state index in [2.05, 4.69) is 36.0 Å². The summed E-state index contributed by atoms with van der Waals surface area (Å²) in [5, 5.41) is 12.7. The maximum absolute atomic E-state index is 9.30. The number of aliphatic hydroxyl groups is 1. The molecule has 1 aliphatic rings. The lowest BCUT2D eigenvalue weighted by molar-refractivity contribution is 0.301. The van der Waals surface area contributed by atoms with E-state index < -0.39 is 0 Å². The number of hydrogen-bond donors (Lipinski definition) is 2. The number of anilines is 2. The van der Waals surface area contributed by atoms with E-state index in [-0.39, 0.29) is 6.61 Å². The molecule has 2 N–H and O–H groups in total. The van der Waals surface area contributed by atoms with Crippen molar-refractivity contribution in [3.8, 4) is 0 Å². The van der Waals surface area contributed by atoms with Gasteiger partial charge in [-0.25, -0.2) is 9.97 Å². The Bertz CT molecular complexity index is 446. The minimum absolute atomic E-state index is 0.166. The van der Waals surface area contributed by atoms with Crippen LogP contribution in [-0.4, -0.2) is 40.8 Å². The van der Waals surface area contributed by atoms with Crippen molar-refractivity contribution in [3.05, 3.63) is 11.4 Å². The number of nitrogens with one attached hydrogen (secondary N) is 1. The molecule has 1 saturated carbocycles. The van der Waals surface area contributed by atoms with Crippen LogP contribution in [0.3, 0.4) is 0 Å². The molecule has 0 atom stereocenters. The second-order valence-corrected chi connectivity index (χ2v) is 5.37. The zero-order valence-corrected chi connectivity index (χ0v) is 12.8. The van der Waals surface area contributed by atoms with Crippen LogP contribution in [-0.2, 0) is 6.42 Å². The summed E-state index contributed by atoms with van der Waals surface area (Å²) in [6.07, 6.45) is 4.29. The molecule has 0 radical (unpaired) electrons. The molecule has 112 valence electrons. The molecule has 2 rings (SSSR count). The summed E-state index contributed by atoms with van der Waals surface area (Å²) in [7, 11) is 0. The highest BCUT2D eigenvalue weighted by Gasteiger charge is 2.31. The Morgan fingerprint density at radius 2 is 2.05 bits per heavy atom. The highest BCUT2D eigenvalue weighted by Crippen LogP contribution is 2.33. The third kappa shape index (κ3) is 3.39. The molecular weight excluding hydrogens is 252 g/mol. The average molecular weight is 278 g/mol. The topological polar surface area (TPSA) is 61.3 Å². The van der Waals surface area contributed by atoms with E-state index in [1.807, 2.05) is 0 Å². The van der Waals surface area contributed by atoms with Gasteiger partial charge in [0.05, 0.1) is 6.61 Å². The van der Waals surface area contributed by atoms with Crippen LogP contribution in [0.1, 0.15) is 44.5 Å². The molecule has 1 fully saturated rings. The second-order valence-electron chi connectivity index (χ2n) is 5.37. The molecule has 0 aromatic carbocycles. The molecule has 1 heterocycles. The van der Waals surface area contributed by atoms with Crippen molar-refractivity contribution in [1.29, 1.82) is 0 Å². The molecule has 20 heavy (non-hydrogen) atoms. The summed E-state index contributed by atoms with van der Waals surface area (Å²) < 4.78 is 0. The third-order valence-electron chi connectivity index (χ3n) is 3.63. The fourth-order valence-corrected chi connectivity index (χ4v) is 2.36. The van der Waals surface area contributed by atoms with Crippen LogP contribution < -0.4 is 10.2 Å². The van der Waals surface area contributed by atoms with Crippen LogP contribution >= 0.6 is 0 Å². The number of aryl methyl sites for hydroxylation is 1. The average Bonchev–Trinajstić information content (AvgIpc) is 3.28. The van der Waals surface area contributed by atoms with Crippen molar-refractivity contribution < 1.29 is 5.11 Å². The van der Waals surface area contributed by atoms with E-state index in [1.54, 1.807) is 0 Å². The molecule has 0 amide bonds. The minimum atomic E-state index is 0.166. The quantitative estimate of drug-likeness (QED) is 0.763. The van der Waals surface area contributed by atoms with E-state index in [9.17, 15) is 5.11 Å². The number of hydrogen-bond acceptors (Lipinski definition) is 5. The Balaban J connectivity index is 2.33. The molecule has 5 heteroatoms. The first-order valence-corrected chi connectivity index (χ1v) is 7.70. The molecule has 0 bridgehead atoms. The zero-order valence-electron chi connectivity index (χ0n) is 12.8. The van der Waals surface area contributed by atoms with Gasteiger partial charge >= 0.3 is 0 Å². The Morgan fingerprint density at radius 1 is 1.30 bits per heavy atom. The smallest absolute Gasteiger partial charge is 0.137 e. The lowest BCUT2D eigenvalue weighted by Crippen LogP contribution is -2.31. The number of aliphatic hydroxyl groups excluding tert-OH is 1. The first-order chi connectivity index (χ1) is 9.71. The molecule has 0 spiro atoms. The van der Waals surface area contributed by atoms with Gasteiger partial charge < -0.3 is 15.3 Å². The van der Waals surface area contributed by atoms with Crippen molar-refractivity contribution in [2.45, 2.75) is 52.5 Å². The van der Waals surface area contributed by atoms with Crippen molar-refractivity contribution in [3.63, 3.8) is 0 Å². The molecular formula is C15H26N4O. The van der Waals surface area contributed by atoms with Crippen LogP contribution in [0.15, 0.2) is 0 Å². The number of aromatic nitrogens is 2. The maximum atomic E-state index is 9.30. The molecule has 1 aromatic rings. The van der Waals surface area contributed by atoms with E-state index in [0.717, 1.165) is 42.4 Å². The van der Waals surface area contributed by atoms with Gasteiger partial charge in [-0.05, 0) is 26.2 Å². The zero-order chi connectivity index (χ0) is 14.5. The lowest BCUT2D eigenvalue weighted by atomic mass is 10.2. The SMILES string of the molecule is CCCNc1nc(CC)nc(N(CCO)C2CC2)c1C. The molecule has 0 aliphatic heterocycles. The van der Waals surface area contributed by atoms with E-state index in [0.29, 0.717) is 12.6 Å². The summed E-state index contributed by atoms with van der Waals surface area (Å²) >= 11 is 0. The first-order valence-electron chi connectivity index (χ1n) is 7.70. The van der Waals surface area contributed by atoms with E-state index >= 15 is 0 Å². The summed E-state index contributed by atoms with van der Waals surface area (Å²) in [6.45, 7) is 8.03. The third-order valence-corrected chi connectivity index (χ3v) is 3.63. The summed E-state index contributed by atoms with van der Waals surface area (Å²) in [6, 6.07) is 0.541. The van der Waals surface area contributed by atoms with Gasteiger partial charge in [0.25, 0.3) is 0 Å². The normalized spacial score (nSPS) is 14.4. The Hall–Kier alpha value is -1.36. The maximum Gasteiger partial charge on any atom is 0.137 e. The standard InChI is InChI=1S/C15H26N4O/c1-4-8-16-14-11(3)15(18-13(5-2)17-14)19(9-10-20)12-6-7-12/h12,20H,4-10H2,1-3H3,(H,16,17,18). The Labute approximate surface area is 121 Å². The van der Waals surface area contributed by atoms with Crippen molar-refractivity contribution in [2.24, 2.45) is 0 Å². The van der Waals surface area contributed by atoms with Gasteiger partial charge in [0.1, 0.15) is 17.5 Å². The van der Waals surface area contributed by atoms with Gasteiger partial charge in [-0.3, -0.25) is 0 Å². The van der Waals surface area contributed by atoms with Gasteiger partial charge in [-0.1, -0.05) is 13.8 Å². The second kappa shape index (κ2) is 6.88. The minimum Gasteiger partial charge on any atom is -0.395 e. The predicted octanol–water partition coefficient (Wildman–Crippen LogP) is 2.13. The molecule has 0 saturated heterocycles.